The predicted molar refractivity (Wildman–Crippen MR) is 56.9 cm³/mol. The van der Waals surface area contributed by atoms with Gasteiger partial charge in [-0.25, -0.2) is 0 Å². The molecule has 14 heavy (non-hydrogen) atoms. The SMILES string of the molecule is CCCCCC[Si](OC)(OC)OCO. The average molecular weight is 222 g/mol. The fourth-order valence-corrected chi connectivity index (χ4v) is 3.18. The molecule has 1 N–H and O–H groups in total. The third-order valence-corrected chi connectivity index (χ3v) is 5.02. The van der Waals surface area contributed by atoms with Crippen LogP contribution < -0.4 is 0 Å². The highest BCUT2D eigenvalue weighted by atomic mass is 28.4. The zero-order valence-corrected chi connectivity index (χ0v) is 10.4. The Morgan fingerprint density at radius 3 is 2.14 bits per heavy atom. The highest BCUT2D eigenvalue weighted by molar-refractivity contribution is 6.60. The molecule has 0 radical (unpaired) electrons. The molecular weight excluding hydrogens is 200 g/mol. The van der Waals surface area contributed by atoms with Crippen LogP contribution in [0.1, 0.15) is 32.6 Å². The van der Waals surface area contributed by atoms with Crippen LogP contribution in [0.25, 0.3) is 0 Å². The van der Waals surface area contributed by atoms with Crippen molar-refractivity contribution in [2.75, 3.05) is 21.0 Å². The molecule has 0 saturated heterocycles. The third kappa shape index (κ3) is 5.07. The minimum Gasteiger partial charge on any atom is -0.377 e. The first kappa shape index (κ1) is 14.1. The minimum absolute atomic E-state index is 0.332. The summed E-state index contributed by atoms with van der Waals surface area (Å²) in [6.07, 6.45) is 4.61. The third-order valence-electron chi connectivity index (χ3n) is 2.24. The number of hydrogen-bond acceptors (Lipinski definition) is 4. The van der Waals surface area contributed by atoms with Crippen LogP contribution in [0.2, 0.25) is 6.04 Å². The molecule has 0 bridgehead atoms. The second kappa shape index (κ2) is 8.37. The molecule has 0 amide bonds. The fourth-order valence-electron chi connectivity index (χ4n) is 1.34. The number of aliphatic hydroxyl groups is 1. The van der Waals surface area contributed by atoms with Gasteiger partial charge in [-0.05, 0) is 6.42 Å². The van der Waals surface area contributed by atoms with Crippen molar-refractivity contribution < 1.29 is 18.4 Å². The first-order chi connectivity index (χ1) is 6.74. The monoisotopic (exact) mass is 222 g/mol. The Balaban J connectivity index is 3.82. The topological polar surface area (TPSA) is 47.9 Å². The van der Waals surface area contributed by atoms with E-state index in [1.807, 2.05) is 0 Å². The highest BCUT2D eigenvalue weighted by Gasteiger charge is 2.37. The van der Waals surface area contributed by atoms with Crippen LogP contribution in [-0.4, -0.2) is 34.9 Å². The summed E-state index contributed by atoms with van der Waals surface area (Å²) in [6.45, 7) is 1.84. The molecule has 0 aliphatic heterocycles. The summed E-state index contributed by atoms with van der Waals surface area (Å²) in [5, 5.41) is 8.72. The van der Waals surface area contributed by atoms with Gasteiger partial charge >= 0.3 is 8.80 Å². The summed E-state index contributed by atoms with van der Waals surface area (Å²) in [7, 11) is 0.606. The maximum absolute atomic E-state index is 8.72. The summed E-state index contributed by atoms with van der Waals surface area (Å²) in [4.78, 5) is 0. The standard InChI is InChI=1S/C9H22O4Si/c1-4-5-6-7-8-14(11-2,12-3)13-9-10/h10H,4-9H2,1-3H3. The lowest BCUT2D eigenvalue weighted by Crippen LogP contribution is -2.44. The number of aliphatic hydroxyl groups excluding tert-OH is 1. The van der Waals surface area contributed by atoms with Crippen LogP contribution in [0.15, 0.2) is 0 Å². The number of unbranched alkanes of at least 4 members (excludes halogenated alkanes) is 3. The predicted octanol–water partition coefficient (Wildman–Crippen LogP) is 1.76. The highest BCUT2D eigenvalue weighted by Crippen LogP contribution is 2.18. The van der Waals surface area contributed by atoms with Gasteiger partial charge in [0.05, 0.1) is 0 Å². The second-order valence-corrected chi connectivity index (χ2v) is 6.15. The lowest BCUT2D eigenvalue weighted by molar-refractivity contribution is 0.0146. The summed E-state index contributed by atoms with van der Waals surface area (Å²) in [5.41, 5.74) is 0. The molecule has 0 aliphatic carbocycles. The van der Waals surface area contributed by atoms with E-state index in [0.29, 0.717) is 0 Å². The normalized spacial score (nSPS) is 12.0. The summed E-state index contributed by atoms with van der Waals surface area (Å²) < 4.78 is 15.6. The van der Waals surface area contributed by atoms with Crippen molar-refractivity contribution in [1.82, 2.24) is 0 Å². The van der Waals surface area contributed by atoms with Gasteiger partial charge in [-0.3, -0.25) is 0 Å². The van der Waals surface area contributed by atoms with Crippen molar-refractivity contribution in [2.45, 2.75) is 38.7 Å². The molecule has 0 aromatic carbocycles. The van der Waals surface area contributed by atoms with Crippen LogP contribution >= 0.6 is 0 Å². The van der Waals surface area contributed by atoms with E-state index < -0.39 is 8.80 Å². The van der Waals surface area contributed by atoms with Gasteiger partial charge in [-0.2, -0.15) is 0 Å². The lowest BCUT2D eigenvalue weighted by Gasteiger charge is -2.25. The molecule has 0 unspecified atom stereocenters. The summed E-state index contributed by atoms with van der Waals surface area (Å²) in [6, 6.07) is 0.778. The Kier molecular flexibility index (Phi) is 8.41. The Morgan fingerprint density at radius 1 is 1.07 bits per heavy atom. The lowest BCUT2D eigenvalue weighted by atomic mass is 10.2. The molecule has 0 spiro atoms. The van der Waals surface area contributed by atoms with E-state index in [1.54, 1.807) is 14.2 Å². The van der Waals surface area contributed by atoms with Gasteiger partial charge in [0.2, 0.25) is 0 Å². The molecule has 0 fully saturated rings. The quantitative estimate of drug-likeness (QED) is 0.367. The van der Waals surface area contributed by atoms with Gasteiger partial charge in [0.25, 0.3) is 0 Å². The molecule has 86 valence electrons. The largest absolute Gasteiger partial charge is 0.502 e. The second-order valence-electron chi connectivity index (χ2n) is 3.18. The van der Waals surface area contributed by atoms with Gasteiger partial charge in [-0.15, -0.1) is 0 Å². The number of hydrogen-bond donors (Lipinski definition) is 1. The van der Waals surface area contributed by atoms with E-state index in [1.165, 1.54) is 12.8 Å². The Morgan fingerprint density at radius 2 is 1.71 bits per heavy atom. The molecule has 0 aromatic heterocycles. The van der Waals surface area contributed by atoms with Gasteiger partial charge in [0.1, 0.15) is 6.79 Å². The van der Waals surface area contributed by atoms with Crippen molar-refractivity contribution in [2.24, 2.45) is 0 Å². The van der Waals surface area contributed by atoms with Gasteiger partial charge in [0, 0.05) is 20.3 Å². The van der Waals surface area contributed by atoms with Gasteiger partial charge in [-0.1, -0.05) is 26.2 Å². The Bertz CT molecular complexity index is 128. The zero-order chi connectivity index (χ0) is 10.9. The van der Waals surface area contributed by atoms with E-state index in [9.17, 15) is 0 Å². The molecule has 0 rings (SSSR count). The Hall–Kier alpha value is 0.0569. The molecule has 0 saturated carbocycles. The van der Waals surface area contributed by atoms with E-state index in [4.69, 9.17) is 18.4 Å². The Labute approximate surface area is 87.5 Å². The van der Waals surface area contributed by atoms with Crippen LogP contribution in [0.5, 0.6) is 0 Å². The summed E-state index contributed by atoms with van der Waals surface area (Å²) >= 11 is 0. The first-order valence-electron chi connectivity index (χ1n) is 5.09. The number of rotatable bonds is 9. The fraction of sp³-hybridized carbons (Fsp3) is 1.00. The van der Waals surface area contributed by atoms with E-state index >= 15 is 0 Å². The molecule has 4 nitrogen and oxygen atoms in total. The van der Waals surface area contributed by atoms with Crippen molar-refractivity contribution in [3.8, 4) is 0 Å². The molecule has 0 heterocycles. The minimum atomic E-state index is -2.54. The van der Waals surface area contributed by atoms with Crippen LogP contribution in [-0.2, 0) is 13.3 Å². The maximum atomic E-state index is 8.72. The van der Waals surface area contributed by atoms with Crippen molar-refractivity contribution >= 4 is 8.80 Å². The van der Waals surface area contributed by atoms with Crippen molar-refractivity contribution in [3.05, 3.63) is 0 Å². The average Bonchev–Trinajstić information content (AvgIpc) is 2.23. The first-order valence-corrected chi connectivity index (χ1v) is 7.03. The van der Waals surface area contributed by atoms with Crippen LogP contribution in [0.4, 0.5) is 0 Å². The molecular formula is C9H22O4Si. The van der Waals surface area contributed by atoms with E-state index in [2.05, 4.69) is 6.92 Å². The molecule has 5 heteroatoms. The van der Waals surface area contributed by atoms with Crippen molar-refractivity contribution in [1.29, 1.82) is 0 Å². The smallest absolute Gasteiger partial charge is 0.377 e. The maximum Gasteiger partial charge on any atom is 0.502 e. The molecule has 0 aromatic rings. The van der Waals surface area contributed by atoms with Gasteiger partial charge in [0.15, 0.2) is 0 Å². The molecule has 0 atom stereocenters. The van der Waals surface area contributed by atoms with Crippen molar-refractivity contribution in [3.63, 3.8) is 0 Å². The zero-order valence-electron chi connectivity index (χ0n) is 9.41. The van der Waals surface area contributed by atoms with Crippen LogP contribution in [0.3, 0.4) is 0 Å². The van der Waals surface area contributed by atoms with E-state index in [0.717, 1.165) is 18.9 Å². The molecule has 0 aliphatic rings. The van der Waals surface area contributed by atoms with E-state index in [-0.39, 0.29) is 6.79 Å². The summed E-state index contributed by atoms with van der Waals surface area (Å²) in [5.74, 6) is 0. The van der Waals surface area contributed by atoms with Crippen LogP contribution in [0, 0.1) is 0 Å². The van der Waals surface area contributed by atoms with Gasteiger partial charge < -0.3 is 18.4 Å².